The lowest BCUT2D eigenvalue weighted by molar-refractivity contribution is -0.119. The second-order valence-electron chi connectivity index (χ2n) is 8.03. The lowest BCUT2D eigenvalue weighted by atomic mass is 9.97. The summed E-state index contributed by atoms with van der Waals surface area (Å²) >= 11 is 0. The van der Waals surface area contributed by atoms with Crippen LogP contribution in [0, 0.1) is 13.8 Å². The number of esters is 1. The number of amides is 1. The van der Waals surface area contributed by atoms with Gasteiger partial charge >= 0.3 is 5.97 Å². The van der Waals surface area contributed by atoms with Gasteiger partial charge in [0.05, 0.1) is 36.7 Å². The van der Waals surface area contributed by atoms with Crippen LogP contribution in [0.25, 0.3) is 22.2 Å². The van der Waals surface area contributed by atoms with E-state index in [1.807, 2.05) is 62.4 Å². The van der Waals surface area contributed by atoms with Gasteiger partial charge in [-0.05, 0) is 37.6 Å². The zero-order valence-corrected chi connectivity index (χ0v) is 20.0. The summed E-state index contributed by atoms with van der Waals surface area (Å²) in [6, 6.07) is 20.4. The molecule has 0 spiro atoms. The predicted molar refractivity (Wildman–Crippen MR) is 135 cm³/mol. The molecule has 7 nitrogen and oxygen atoms in total. The largest absolute Gasteiger partial charge is 0.497 e. The van der Waals surface area contributed by atoms with Crippen molar-refractivity contribution in [2.24, 2.45) is 0 Å². The standard InChI is InChI=1S/C28H26N2O5/c1-17-9-11-19(12-10-17)27-18(2)26(21-7-5-6-8-22(21)30-27)28(32)35-16-25(31)29-23-14-13-20(33-3)15-24(23)34-4/h5-15H,16H2,1-4H3,(H,29,31). The topological polar surface area (TPSA) is 86.8 Å². The molecule has 0 bridgehead atoms. The molecule has 1 amide bonds. The summed E-state index contributed by atoms with van der Waals surface area (Å²) in [4.78, 5) is 30.6. The molecule has 4 aromatic rings. The molecule has 0 unspecified atom stereocenters. The number of anilines is 1. The Morgan fingerprint density at radius 2 is 1.66 bits per heavy atom. The summed E-state index contributed by atoms with van der Waals surface area (Å²) in [6.07, 6.45) is 0. The maximum Gasteiger partial charge on any atom is 0.339 e. The predicted octanol–water partition coefficient (Wildman–Crippen LogP) is 5.33. The van der Waals surface area contributed by atoms with Gasteiger partial charge in [-0.3, -0.25) is 4.79 Å². The Morgan fingerprint density at radius 1 is 0.914 bits per heavy atom. The molecule has 7 heteroatoms. The van der Waals surface area contributed by atoms with E-state index in [4.69, 9.17) is 19.2 Å². The highest BCUT2D eigenvalue weighted by Crippen LogP contribution is 2.31. The first kappa shape index (κ1) is 23.8. The van der Waals surface area contributed by atoms with Gasteiger partial charge in [-0.1, -0.05) is 48.0 Å². The van der Waals surface area contributed by atoms with E-state index >= 15 is 0 Å². The highest BCUT2D eigenvalue weighted by atomic mass is 16.5. The van der Waals surface area contributed by atoms with E-state index in [-0.39, 0.29) is 0 Å². The van der Waals surface area contributed by atoms with E-state index in [0.717, 1.165) is 11.1 Å². The number of aryl methyl sites for hydroxylation is 1. The Balaban J connectivity index is 1.58. The van der Waals surface area contributed by atoms with Gasteiger partial charge in [0.15, 0.2) is 6.61 Å². The number of hydrogen-bond acceptors (Lipinski definition) is 6. The van der Waals surface area contributed by atoms with Gasteiger partial charge in [0.1, 0.15) is 11.5 Å². The molecule has 0 saturated heterocycles. The molecule has 3 aromatic carbocycles. The van der Waals surface area contributed by atoms with Crippen LogP contribution in [0.4, 0.5) is 5.69 Å². The number of carbonyl (C=O) groups excluding carboxylic acids is 2. The number of rotatable bonds is 7. The quantitative estimate of drug-likeness (QED) is 0.367. The fourth-order valence-electron chi connectivity index (χ4n) is 3.85. The second-order valence-corrected chi connectivity index (χ2v) is 8.03. The number of benzene rings is 3. The van der Waals surface area contributed by atoms with Crippen molar-refractivity contribution in [2.75, 3.05) is 26.1 Å². The maximum atomic E-state index is 13.2. The van der Waals surface area contributed by atoms with Crippen LogP contribution in [0.5, 0.6) is 11.5 Å². The fourth-order valence-corrected chi connectivity index (χ4v) is 3.85. The first-order valence-corrected chi connectivity index (χ1v) is 11.1. The lowest BCUT2D eigenvalue weighted by Gasteiger charge is -2.15. The van der Waals surface area contributed by atoms with Gasteiger partial charge in [0.2, 0.25) is 0 Å². The zero-order chi connectivity index (χ0) is 24.9. The van der Waals surface area contributed by atoms with Gasteiger partial charge in [0, 0.05) is 17.0 Å². The number of ether oxygens (including phenoxy) is 3. The van der Waals surface area contributed by atoms with Crippen molar-refractivity contribution in [3.63, 3.8) is 0 Å². The normalized spacial score (nSPS) is 10.6. The summed E-state index contributed by atoms with van der Waals surface area (Å²) in [7, 11) is 3.04. The monoisotopic (exact) mass is 470 g/mol. The van der Waals surface area contributed by atoms with Crippen molar-refractivity contribution in [1.29, 1.82) is 0 Å². The minimum Gasteiger partial charge on any atom is -0.497 e. The summed E-state index contributed by atoms with van der Waals surface area (Å²) in [5.41, 5.74) is 4.93. The number of carbonyl (C=O) groups is 2. The van der Waals surface area contributed by atoms with Gasteiger partial charge in [-0.15, -0.1) is 0 Å². The molecule has 4 rings (SSSR count). The molecule has 0 aliphatic heterocycles. The van der Waals surface area contributed by atoms with Crippen LogP contribution in [0.3, 0.4) is 0 Å². The van der Waals surface area contributed by atoms with Crippen LogP contribution in [0.2, 0.25) is 0 Å². The van der Waals surface area contributed by atoms with Crippen molar-refractivity contribution in [2.45, 2.75) is 13.8 Å². The van der Waals surface area contributed by atoms with Gasteiger partial charge in [-0.25, -0.2) is 9.78 Å². The lowest BCUT2D eigenvalue weighted by Crippen LogP contribution is -2.22. The highest BCUT2D eigenvalue weighted by Gasteiger charge is 2.21. The number of fused-ring (bicyclic) bond motifs is 1. The third-order valence-electron chi connectivity index (χ3n) is 5.68. The molecular weight excluding hydrogens is 444 g/mol. The van der Waals surface area contributed by atoms with E-state index < -0.39 is 18.5 Å². The number of hydrogen-bond donors (Lipinski definition) is 1. The Kier molecular flexibility index (Phi) is 6.96. The molecule has 0 saturated carbocycles. The summed E-state index contributed by atoms with van der Waals surface area (Å²) in [5.74, 6) is -0.0543. The molecule has 0 radical (unpaired) electrons. The van der Waals surface area contributed by atoms with Crippen molar-refractivity contribution in [3.8, 4) is 22.8 Å². The van der Waals surface area contributed by atoms with E-state index in [9.17, 15) is 9.59 Å². The van der Waals surface area contributed by atoms with E-state index in [2.05, 4.69) is 5.32 Å². The molecule has 178 valence electrons. The third kappa shape index (κ3) is 5.09. The molecule has 0 aliphatic carbocycles. The minimum atomic E-state index is -0.591. The van der Waals surface area contributed by atoms with E-state index in [1.165, 1.54) is 7.11 Å². The fraction of sp³-hybridized carbons (Fsp3) is 0.179. The first-order chi connectivity index (χ1) is 16.9. The molecule has 1 aromatic heterocycles. The van der Waals surface area contributed by atoms with Crippen LogP contribution in [-0.4, -0.2) is 37.7 Å². The molecule has 0 aliphatic rings. The molecular formula is C28H26N2O5. The molecule has 0 atom stereocenters. The minimum absolute atomic E-state index is 0.390. The van der Waals surface area contributed by atoms with Crippen LogP contribution in [0.15, 0.2) is 66.7 Å². The summed E-state index contributed by atoms with van der Waals surface area (Å²) < 4.78 is 15.9. The Bertz CT molecular complexity index is 1400. The Morgan fingerprint density at radius 3 is 2.37 bits per heavy atom. The highest BCUT2D eigenvalue weighted by molar-refractivity contribution is 6.07. The van der Waals surface area contributed by atoms with Crippen LogP contribution in [0.1, 0.15) is 21.5 Å². The number of nitrogens with one attached hydrogen (secondary N) is 1. The van der Waals surface area contributed by atoms with Crippen molar-refractivity contribution in [3.05, 3.63) is 83.4 Å². The smallest absolute Gasteiger partial charge is 0.339 e. The van der Waals surface area contributed by atoms with Crippen LogP contribution < -0.4 is 14.8 Å². The number of para-hydroxylation sites is 1. The third-order valence-corrected chi connectivity index (χ3v) is 5.68. The SMILES string of the molecule is COc1ccc(NC(=O)COC(=O)c2c(C)c(-c3ccc(C)cc3)nc3ccccc23)c(OC)c1. The van der Waals surface area contributed by atoms with Crippen LogP contribution >= 0.6 is 0 Å². The van der Waals surface area contributed by atoms with Gasteiger partial charge in [-0.2, -0.15) is 0 Å². The molecule has 1 heterocycles. The number of pyridine rings is 1. The number of nitrogens with zero attached hydrogens (tertiary/aromatic N) is 1. The average molecular weight is 471 g/mol. The number of methoxy groups -OCH3 is 2. The van der Waals surface area contributed by atoms with Crippen molar-refractivity contribution < 1.29 is 23.8 Å². The van der Waals surface area contributed by atoms with Gasteiger partial charge < -0.3 is 19.5 Å². The van der Waals surface area contributed by atoms with Crippen molar-refractivity contribution in [1.82, 2.24) is 4.98 Å². The Labute approximate surface area is 203 Å². The molecule has 35 heavy (non-hydrogen) atoms. The number of aromatic nitrogens is 1. The first-order valence-electron chi connectivity index (χ1n) is 11.1. The summed E-state index contributed by atoms with van der Waals surface area (Å²) in [5, 5.41) is 3.37. The maximum absolute atomic E-state index is 13.2. The zero-order valence-electron chi connectivity index (χ0n) is 20.0. The molecule has 0 fully saturated rings. The van der Waals surface area contributed by atoms with Crippen molar-refractivity contribution >= 4 is 28.5 Å². The average Bonchev–Trinajstić information content (AvgIpc) is 2.87. The van der Waals surface area contributed by atoms with E-state index in [1.54, 1.807) is 25.3 Å². The van der Waals surface area contributed by atoms with E-state index in [0.29, 0.717) is 44.9 Å². The Hall–Kier alpha value is -4.39. The summed E-state index contributed by atoms with van der Waals surface area (Å²) in [6.45, 7) is 3.40. The molecule has 1 N–H and O–H groups in total. The van der Waals surface area contributed by atoms with Crippen LogP contribution in [-0.2, 0) is 9.53 Å². The second kappa shape index (κ2) is 10.3. The van der Waals surface area contributed by atoms with Gasteiger partial charge in [0.25, 0.3) is 5.91 Å².